The third-order valence-electron chi connectivity index (χ3n) is 3.30. The molecule has 0 atom stereocenters. The molecule has 0 fully saturated rings. The number of aromatic amines is 1. The van der Waals surface area contributed by atoms with Crippen molar-refractivity contribution in [1.82, 2.24) is 4.98 Å². The number of benzene rings is 1. The molecule has 0 aliphatic heterocycles. The number of nitrogens with one attached hydrogen (secondary N) is 1. The van der Waals surface area contributed by atoms with Gasteiger partial charge in [0, 0.05) is 0 Å². The average Bonchev–Trinajstić information content (AvgIpc) is 2.93. The molecule has 2 aromatic rings. The van der Waals surface area contributed by atoms with Crippen molar-refractivity contribution in [2.24, 2.45) is 0 Å². The lowest BCUT2D eigenvalue weighted by Crippen LogP contribution is -2.11. The first-order valence-corrected chi connectivity index (χ1v) is 6.60. The summed E-state index contributed by atoms with van der Waals surface area (Å²) in [6.45, 7) is 1.92. The topological polar surface area (TPSA) is 68.4 Å². The van der Waals surface area contributed by atoms with E-state index in [4.69, 9.17) is 9.47 Å². The van der Waals surface area contributed by atoms with E-state index in [0.29, 0.717) is 6.42 Å². The summed E-state index contributed by atoms with van der Waals surface area (Å²) < 4.78 is 9.54. The van der Waals surface area contributed by atoms with Crippen molar-refractivity contribution in [3.63, 3.8) is 0 Å². The van der Waals surface area contributed by atoms with E-state index in [2.05, 4.69) is 4.98 Å². The molecule has 1 heterocycles. The summed E-state index contributed by atoms with van der Waals surface area (Å²) in [6, 6.07) is 9.51. The Kier molecular flexibility index (Phi) is 4.42. The Morgan fingerprint density at radius 1 is 1.05 bits per heavy atom. The number of carbonyl (C=O) groups is 2. The summed E-state index contributed by atoms with van der Waals surface area (Å²) in [4.78, 5) is 26.9. The van der Waals surface area contributed by atoms with Crippen LogP contribution in [0.15, 0.2) is 30.3 Å². The first-order chi connectivity index (χ1) is 10.1. The van der Waals surface area contributed by atoms with Gasteiger partial charge in [0.25, 0.3) is 0 Å². The van der Waals surface area contributed by atoms with Crippen molar-refractivity contribution in [2.75, 3.05) is 14.2 Å². The molecule has 0 saturated carbocycles. The van der Waals surface area contributed by atoms with Gasteiger partial charge < -0.3 is 14.5 Å². The lowest BCUT2D eigenvalue weighted by atomic mass is 10.0. The first-order valence-electron chi connectivity index (χ1n) is 6.60. The maximum Gasteiger partial charge on any atom is 0.355 e. The number of methoxy groups -OCH3 is 2. The summed E-state index contributed by atoms with van der Waals surface area (Å²) in [7, 11) is 2.57. The summed E-state index contributed by atoms with van der Waals surface area (Å²) >= 11 is 0. The smallest absolute Gasteiger partial charge is 0.355 e. The minimum Gasteiger partial charge on any atom is -0.465 e. The normalized spacial score (nSPS) is 10.2. The molecule has 0 spiro atoms. The molecule has 1 aromatic heterocycles. The van der Waals surface area contributed by atoms with Crippen molar-refractivity contribution in [2.45, 2.75) is 13.3 Å². The van der Waals surface area contributed by atoms with Crippen molar-refractivity contribution < 1.29 is 19.1 Å². The Bertz CT molecular complexity index is 658. The SMILES string of the molecule is CCc1c(-c2ccccc2)[nH]c(C(=O)OC)c1C(=O)OC. The zero-order valence-electron chi connectivity index (χ0n) is 12.2. The molecule has 21 heavy (non-hydrogen) atoms. The van der Waals surface area contributed by atoms with E-state index >= 15 is 0 Å². The maximum atomic E-state index is 12.0. The van der Waals surface area contributed by atoms with Crippen LogP contribution in [0.25, 0.3) is 11.3 Å². The molecule has 110 valence electrons. The van der Waals surface area contributed by atoms with Crippen molar-refractivity contribution >= 4 is 11.9 Å². The van der Waals surface area contributed by atoms with Gasteiger partial charge in [-0.2, -0.15) is 0 Å². The largest absolute Gasteiger partial charge is 0.465 e. The summed E-state index contributed by atoms with van der Waals surface area (Å²) in [6.07, 6.45) is 0.585. The molecule has 0 unspecified atom stereocenters. The Hall–Kier alpha value is -2.56. The second-order valence-corrected chi connectivity index (χ2v) is 4.43. The molecule has 5 heteroatoms. The third-order valence-corrected chi connectivity index (χ3v) is 3.30. The van der Waals surface area contributed by atoms with Gasteiger partial charge in [-0.1, -0.05) is 37.3 Å². The zero-order valence-corrected chi connectivity index (χ0v) is 12.2. The third kappa shape index (κ3) is 2.67. The van der Waals surface area contributed by atoms with Crippen LogP contribution in [0, 0.1) is 0 Å². The minimum absolute atomic E-state index is 0.125. The monoisotopic (exact) mass is 287 g/mol. The highest BCUT2D eigenvalue weighted by Gasteiger charge is 2.27. The number of rotatable bonds is 4. The van der Waals surface area contributed by atoms with Gasteiger partial charge in [0.2, 0.25) is 0 Å². The highest BCUT2D eigenvalue weighted by Crippen LogP contribution is 2.29. The average molecular weight is 287 g/mol. The first kappa shape index (κ1) is 14.8. The zero-order chi connectivity index (χ0) is 15.4. The molecule has 1 aromatic carbocycles. The van der Waals surface area contributed by atoms with Crippen LogP contribution in [0.3, 0.4) is 0 Å². The van der Waals surface area contributed by atoms with Gasteiger partial charge in [-0.05, 0) is 17.5 Å². The molecular formula is C16H17NO4. The van der Waals surface area contributed by atoms with E-state index in [1.807, 2.05) is 37.3 Å². The van der Waals surface area contributed by atoms with Gasteiger partial charge in [-0.25, -0.2) is 9.59 Å². The quantitative estimate of drug-likeness (QED) is 0.878. The van der Waals surface area contributed by atoms with E-state index < -0.39 is 11.9 Å². The number of hydrogen-bond acceptors (Lipinski definition) is 4. The molecule has 0 aliphatic carbocycles. The molecular weight excluding hydrogens is 270 g/mol. The summed E-state index contributed by atoms with van der Waals surface area (Å²) in [5.74, 6) is -1.14. The summed E-state index contributed by atoms with van der Waals surface area (Å²) in [5.41, 5.74) is 2.74. The van der Waals surface area contributed by atoms with Gasteiger partial charge in [0.1, 0.15) is 5.69 Å². The van der Waals surface area contributed by atoms with Gasteiger partial charge in [0.05, 0.1) is 25.5 Å². The van der Waals surface area contributed by atoms with Gasteiger partial charge in [0.15, 0.2) is 0 Å². The second-order valence-electron chi connectivity index (χ2n) is 4.43. The van der Waals surface area contributed by atoms with Gasteiger partial charge in [-0.3, -0.25) is 0 Å². The van der Waals surface area contributed by atoms with Crippen molar-refractivity contribution in [1.29, 1.82) is 0 Å². The fraction of sp³-hybridized carbons (Fsp3) is 0.250. The van der Waals surface area contributed by atoms with Crippen LogP contribution >= 0.6 is 0 Å². The second kappa shape index (κ2) is 6.26. The van der Waals surface area contributed by atoms with Crippen LogP contribution in [0.5, 0.6) is 0 Å². The fourth-order valence-corrected chi connectivity index (χ4v) is 2.33. The Morgan fingerprint density at radius 2 is 1.67 bits per heavy atom. The Balaban J connectivity index is 2.70. The molecule has 0 radical (unpaired) electrons. The highest BCUT2D eigenvalue weighted by atomic mass is 16.5. The van der Waals surface area contributed by atoms with E-state index in [-0.39, 0.29) is 11.3 Å². The fourth-order valence-electron chi connectivity index (χ4n) is 2.33. The van der Waals surface area contributed by atoms with E-state index in [1.54, 1.807) is 0 Å². The van der Waals surface area contributed by atoms with E-state index in [0.717, 1.165) is 16.8 Å². The van der Waals surface area contributed by atoms with E-state index in [9.17, 15) is 9.59 Å². The number of esters is 2. The number of ether oxygens (including phenoxy) is 2. The molecule has 5 nitrogen and oxygen atoms in total. The van der Waals surface area contributed by atoms with Crippen molar-refractivity contribution in [3.05, 3.63) is 47.2 Å². The predicted octanol–water partition coefficient (Wildman–Crippen LogP) is 2.82. The van der Waals surface area contributed by atoms with Crippen LogP contribution < -0.4 is 0 Å². The van der Waals surface area contributed by atoms with Gasteiger partial charge >= 0.3 is 11.9 Å². The van der Waals surface area contributed by atoms with E-state index in [1.165, 1.54) is 14.2 Å². The van der Waals surface area contributed by atoms with Crippen LogP contribution in [0.4, 0.5) is 0 Å². The highest BCUT2D eigenvalue weighted by molar-refractivity contribution is 6.05. The maximum absolute atomic E-state index is 12.0. The van der Waals surface area contributed by atoms with Gasteiger partial charge in [-0.15, -0.1) is 0 Å². The molecule has 0 bridgehead atoms. The summed E-state index contributed by atoms with van der Waals surface area (Å²) in [5, 5.41) is 0. The lowest BCUT2D eigenvalue weighted by molar-refractivity contribution is 0.0551. The Labute approximate surface area is 122 Å². The molecule has 1 N–H and O–H groups in total. The lowest BCUT2D eigenvalue weighted by Gasteiger charge is -2.04. The molecule has 2 rings (SSSR count). The standard InChI is InChI=1S/C16H17NO4/c1-4-11-12(15(18)20-2)14(16(19)21-3)17-13(11)10-8-6-5-7-9-10/h5-9,17H,4H2,1-3H3. The minimum atomic E-state index is -0.590. The van der Waals surface area contributed by atoms with Crippen LogP contribution in [0.2, 0.25) is 0 Å². The number of carbonyl (C=O) groups excluding carboxylic acids is 2. The van der Waals surface area contributed by atoms with Crippen LogP contribution in [0.1, 0.15) is 33.3 Å². The number of hydrogen-bond donors (Lipinski definition) is 1. The van der Waals surface area contributed by atoms with Crippen LogP contribution in [-0.2, 0) is 15.9 Å². The molecule has 0 amide bonds. The number of aromatic nitrogens is 1. The Morgan fingerprint density at radius 3 is 2.19 bits per heavy atom. The molecule has 0 aliphatic rings. The van der Waals surface area contributed by atoms with Crippen molar-refractivity contribution in [3.8, 4) is 11.3 Å². The molecule has 0 saturated heterocycles. The number of H-pyrrole nitrogens is 1. The predicted molar refractivity (Wildman–Crippen MR) is 78.3 cm³/mol. The van der Waals surface area contributed by atoms with Crippen LogP contribution in [-0.4, -0.2) is 31.1 Å².